The molecule has 3 heteroatoms. The molecule has 0 aromatic carbocycles. The number of rotatable bonds is 4. The summed E-state index contributed by atoms with van der Waals surface area (Å²) in [5.74, 6) is 2.50. The largest absolute Gasteiger partial charge is 0.393 e. The Morgan fingerprint density at radius 2 is 1.87 bits per heavy atom. The molecule has 1 heterocycles. The highest BCUT2D eigenvalue weighted by atomic mass is 16.6. The van der Waals surface area contributed by atoms with Crippen LogP contribution in [0.3, 0.4) is 0 Å². The fourth-order valence-electron chi connectivity index (χ4n) is 8.46. The molecule has 3 nitrogen and oxygen atoms in total. The van der Waals surface area contributed by atoms with Crippen molar-refractivity contribution in [2.75, 3.05) is 0 Å². The van der Waals surface area contributed by atoms with Crippen LogP contribution in [0.4, 0.5) is 0 Å². The predicted molar refractivity (Wildman–Crippen MR) is 120 cm³/mol. The van der Waals surface area contributed by atoms with Gasteiger partial charge in [0.15, 0.2) is 0 Å². The van der Waals surface area contributed by atoms with Crippen LogP contribution in [-0.4, -0.2) is 34.1 Å². The van der Waals surface area contributed by atoms with E-state index in [4.69, 9.17) is 4.74 Å². The molecule has 5 aliphatic rings. The van der Waals surface area contributed by atoms with Crippen molar-refractivity contribution < 1.29 is 14.9 Å². The molecule has 1 aliphatic heterocycles. The van der Waals surface area contributed by atoms with Gasteiger partial charge in [-0.1, -0.05) is 52.3 Å². The lowest BCUT2D eigenvalue weighted by Crippen LogP contribution is -2.55. The van der Waals surface area contributed by atoms with E-state index in [1.54, 1.807) is 0 Å². The van der Waals surface area contributed by atoms with E-state index in [0.717, 1.165) is 25.7 Å². The highest BCUT2D eigenvalue weighted by molar-refractivity contribution is 5.45. The van der Waals surface area contributed by atoms with E-state index >= 15 is 0 Å². The Morgan fingerprint density at radius 3 is 2.60 bits per heavy atom. The zero-order chi connectivity index (χ0) is 21.5. The molecule has 30 heavy (non-hydrogen) atoms. The standard InChI is InChI=1S/C27H42O3/c1-16(2)7-6-8-17(3)19-9-10-20-22-21(12-13-25(19,20)4)26(5)14-11-18(28)15-27(26)24(30-27)23(22)29/h6,8,16-20,23-24,28-29H,7,9-15H2,1-5H3/b8-6+/t17-,18+,19?,20?,23+,24+,25?,26?,27+/m1/s1. The second-order valence-corrected chi connectivity index (χ2v) is 12.2. The average molecular weight is 415 g/mol. The Bertz CT molecular complexity index is 768. The number of ether oxygens (including phenoxy) is 1. The van der Waals surface area contributed by atoms with E-state index in [1.165, 1.54) is 30.4 Å². The predicted octanol–water partition coefficient (Wildman–Crippen LogP) is 5.41. The number of fused-ring (bicyclic) bond motifs is 3. The fourth-order valence-corrected chi connectivity index (χ4v) is 8.46. The lowest BCUT2D eigenvalue weighted by Gasteiger charge is -2.54. The Labute approximate surface area is 183 Å². The van der Waals surface area contributed by atoms with Crippen LogP contribution in [-0.2, 0) is 4.74 Å². The summed E-state index contributed by atoms with van der Waals surface area (Å²) in [4.78, 5) is 0. The maximum absolute atomic E-state index is 11.5. The van der Waals surface area contributed by atoms with Gasteiger partial charge in [-0.25, -0.2) is 0 Å². The minimum Gasteiger partial charge on any atom is -0.393 e. The summed E-state index contributed by atoms with van der Waals surface area (Å²) < 4.78 is 6.32. The summed E-state index contributed by atoms with van der Waals surface area (Å²) in [6.07, 6.45) is 12.6. The van der Waals surface area contributed by atoms with Gasteiger partial charge in [0.1, 0.15) is 17.8 Å². The van der Waals surface area contributed by atoms with Crippen LogP contribution in [0.15, 0.2) is 23.3 Å². The Kier molecular flexibility index (Phi) is 4.90. The molecule has 2 saturated carbocycles. The Morgan fingerprint density at radius 1 is 1.10 bits per heavy atom. The summed E-state index contributed by atoms with van der Waals surface area (Å²) in [6.45, 7) is 11.9. The third kappa shape index (κ3) is 2.74. The van der Waals surface area contributed by atoms with E-state index < -0.39 is 6.10 Å². The molecule has 2 N–H and O–H groups in total. The maximum Gasteiger partial charge on any atom is 0.118 e. The van der Waals surface area contributed by atoms with Crippen LogP contribution in [0.5, 0.6) is 0 Å². The van der Waals surface area contributed by atoms with Crippen molar-refractivity contribution in [3.63, 3.8) is 0 Å². The quantitative estimate of drug-likeness (QED) is 0.478. The molecule has 5 rings (SSSR count). The number of aliphatic hydroxyl groups excluding tert-OH is 2. The van der Waals surface area contributed by atoms with E-state index in [0.29, 0.717) is 30.1 Å². The lowest BCUT2D eigenvalue weighted by molar-refractivity contribution is -0.000634. The van der Waals surface area contributed by atoms with Gasteiger partial charge in [-0.05, 0) is 79.6 Å². The highest BCUT2D eigenvalue weighted by Gasteiger charge is 2.76. The molecule has 168 valence electrons. The first-order valence-electron chi connectivity index (χ1n) is 12.6. The van der Waals surface area contributed by atoms with E-state index in [2.05, 4.69) is 46.8 Å². The van der Waals surface area contributed by atoms with Gasteiger partial charge < -0.3 is 14.9 Å². The molecule has 1 spiro atoms. The van der Waals surface area contributed by atoms with Gasteiger partial charge in [-0.2, -0.15) is 0 Å². The van der Waals surface area contributed by atoms with Gasteiger partial charge in [-0.3, -0.25) is 0 Å². The molecule has 4 aliphatic carbocycles. The molecular formula is C27H42O3. The number of hydrogen-bond donors (Lipinski definition) is 2. The Hall–Kier alpha value is -0.640. The minimum absolute atomic E-state index is 0.00760. The summed E-state index contributed by atoms with van der Waals surface area (Å²) >= 11 is 0. The molecule has 1 saturated heterocycles. The van der Waals surface area contributed by atoms with Crippen LogP contribution in [0.25, 0.3) is 0 Å². The van der Waals surface area contributed by atoms with E-state index in [1.807, 2.05) is 0 Å². The van der Waals surface area contributed by atoms with Crippen molar-refractivity contribution in [2.24, 2.45) is 34.5 Å². The topological polar surface area (TPSA) is 53.0 Å². The first-order valence-corrected chi connectivity index (χ1v) is 12.6. The fraction of sp³-hybridized carbons (Fsp3) is 0.852. The number of epoxide rings is 1. The molecular weight excluding hydrogens is 372 g/mol. The molecule has 0 aromatic heterocycles. The van der Waals surface area contributed by atoms with Crippen molar-refractivity contribution in [1.82, 2.24) is 0 Å². The molecule has 0 bridgehead atoms. The monoisotopic (exact) mass is 414 g/mol. The van der Waals surface area contributed by atoms with Gasteiger partial charge in [0, 0.05) is 11.8 Å². The number of aliphatic hydroxyl groups is 2. The average Bonchev–Trinajstić information content (AvgIpc) is 3.29. The van der Waals surface area contributed by atoms with Crippen LogP contribution < -0.4 is 0 Å². The Balaban J connectivity index is 1.46. The maximum atomic E-state index is 11.5. The van der Waals surface area contributed by atoms with Crippen molar-refractivity contribution >= 4 is 0 Å². The molecule has 0 radical (unpaired) electrons. The lowest BCUT2D eigenvalue weighted by atomic mass is 9.50. The second-order valence-electron chi connectivity index (χ2n) is 12.2. The van der Waals surface area contributed by atoms with Crippen molar-refractivity contribution in [1.29, 1.82) is 0 Å². The molecule has 3 fully saturated rings. The number of hydrogen-bond acceptors (Lipinski definition) is 3. The van der Waals surface area contributed by atoms with Gasteiger partial charge >= 0.3 is 0 Å². The summed E-state index contributed by atoms with van der Waals surface area (Å²) in [6, 6.07) is 0. The van der Waals surface area contributed by atoms with Gasteiger partial charge in [0.25, 0.3) is 0 Å². The van der Waals surface area contributed by atoms with Crippen molar-refractivity contribution in [3.8, 4) is 0 Å². The first kappa shape index (κ1) is 21.2. The van der Waals surface area contributed by atoms with Crippen LogP contribution in [0.1, 0.15) is 86.0 Å². The summed E-state index contributed by atoms with van der Waals surface area (Å²) in [5, 5.41) is 21.8. The van der Waals surface area contributed by atoms with Crippen LogP contribution in [0.2, 0.25) is 0 Å². The van der Waals surface area contributed by atoms with Crippen molar-refractivity contribution in [3.05, 3.63) is 23.3 Å². The summed E-state index contributed by atoms with van der Waals surface area (Å²) in [7, 11) is 0. The van der Waals surface area contributed by atoms with Gasteiger partial charge in [0.2, 0.25) is 0 Å². The number of allylic oxidation sites excluding steroid dienone is 2. The first-order chi connectivity index (χ1) is 14.1. The van der Waals surface area contributed by atoms with E-state index in [9.17, 15) is 10.2 Å². The van der Waals surface area contributed by atoms with Gasteiger partial charge in [0.05, 0.1) is 6.10 Å². The zero-order valence-corrected chi connectivity index (χ0v) is 19.7. The highest BCUT2D eigenvalue weighted by Crippen LogP contribution is 2.72. The smallest absolute Gasteiger partial charge is 0.118 e. The third-order valence-corrected chi connectivity index (χ3v) is 10.2. The minimum atomic E-state index is -0.464. The molecule has 0 aromatic rings. The molecule has 9 atom stereocenters. The SMILES string of the molecule is CC(C)C/C=C/[C@@H](C)C1CCC2C3=C(CCC21C)C1(C)CC[C@H](O)C[C@@]12O[C@H]2[C@H]3O. The van der Waals surface area contributed by atoms with Gasteiger partial charge in [-0.15, -0.1) is 0 Å². The van der Waals surface area contributed by atoms with Crippen molar-refractivity contribution in [2.45, 2.75) is 110 Å². The summed E-state index contributed by atoms with van der Waals surface area (Å²) in [5.41, 5.74) is 2.86. The van der Waals surface area contributed by atoms with Crippen LogP contribution >= 0.6 is 0 Å². The third-order valence-electron chi connectivity index (χ3n) is 10.2. The van der Waals surface area contributed by atoms with E-state index in [-0.39, 0.29) is 28.6 Å². The second kappa shape index (κ2) is 6.93. The van der Waals surface area contributed by atoms with Crippen LogP contribution in [0, 0.1) is 34.5 Å². The normalized spacial score (nSPS) is 50.9. The zero-order valence-electron chi connectivity index (χ0n) is 19.7. The molecule has 0 amide bonds. The molecule has 4 unspecified atom stereocenters.